The molecule has 0 spiro atoms. The molecule has 0 N–H and O–H groups in total. The third kappa shape index (κ3) is 5.87. The Morgan fingerprint density at radius 2 is 1.90 bits per heavy atom. The number of ether oxygens (including phenoxy) is 1. The van der Waals surface area contributed by atoms with Gasteiger partial charge in [0.05, 0.1) is 12.4 Å². The Kier molecular flexibility index (Phi) is 5.94. The van der Waals surface area contributed by atoms with E-state index in [2.05, 4.69) is 12.1 Å². The summed E-state index contributed by atoms with van der Waals surface area (Å²) in [6.07, 6.45) is 6.30. The fourth-order valence-corrected chi connectivity index (χ4v) is 3.62. The number of aryl methyl sites for hydroxylation is 2. The van der Waals surface area contributed by atoms with Crippen molar-refractivity contribution < 1.29 is 13.2 Å². The van der Waals surface area contributed by atoms with Crippen LogP contribution in [-0.4, -0.2) is 20.8 Å². The zero-order valence-electron chi connectivity index (χ0n) is 12.5. The normalized spacial score (nSPS) is 16.3. The quantitative estimate of drug-likeness (QED) is 0.711. The molecule has 118 valence electrons. The average molecular weight is 331 g/mol. The van der Waals surface area contributed by atoms with Crippen molar-refractivity contribution in [3.05, 3.63) is 29.3 Å². The SMILES string of the molecule is CC(CCOc1ccc2c(c1)CCCC2)CCS(=O)(=O)Cl. The van der Waals surface area contributed by atoms with Crippen molar-refractivity contribution in [3.8, 4) is 5.75 Å². The van der Waals surface area contributed by atoms with Crippen molar-refractivity contribution >= 4 is 19.7 Å². The van der Waals surface area contributed by atoms with Gasteiger partial charge in [-0.3, -0.25) is 0 Å². The summed E-state index contributed by atoms with van der Waals surface area (Å²) < 4.78 is 27.6. The van der Waals surface area contributed by atoms with Crippen LogP contribution in [0, 0.1) is 5.92 Å². The van der Waals surface area contributed by atoms with E-state index in [-0.39, 0.29) is 11.7 Å². The van der Waals surface area contributed by atoms with E-state index in [4.69, 9.17) is 15.4 Å². The predicted molar refractivity (Wildman–Crippen MR) is 86.6 cm³/mol. The molecule has 0 bridgehead atoms. The molecule has 0 aromatic heterocycles. The highest BCUT2D eigenvalue weighted by Gasteiger charge is 2.11. The Morgan fingerprint density at radius 1 is 1.19 bits per heavy atom. The van der Waals surface area contributed by atoms with Crippen molar-refractivity contribution in [2.75, 3.05) is 12.4 Å². The van der Waals surface area contributed by atoms with Crippen LogP contribution in [0.25, 0.3) is 0 Å². The van der Waals surface area contributed by atoms with Crippen molar-refractivity contribution in [2.24, 2.45) is 5.92 Å². The van der Waals surface area contributed by atoms with Gasteiger partial charge in [0.25, 0.3) is 0 Å². The van der Waals surface area contributed by atoms with Crippen LogP contribution < -0.4 is 4.74 Å². The predicted octanol–water partition coefficient (Wildman–Crippen LogP) is 3.93. The first kappa shape index (κ1) is 16.6. The highest BCUT2D eigenvalue weighted by Crippen LogP contribution is 2.25. The average Bonchev–Trinajstić information content (AvgIpc) is 2.44. The van der Waals surface area contributed by atoms with Crippen LogP contribution in [0.2, 0.25) is 0 Å². The van der Waals surface area contributed by atoms with Gasteiger partial charge in [-0.1, -0.05) is 13.0 Å². The molecule has 1 unspecified atom stereocenters. The van der Waals surface area contributed by atoms with E-state index >= 15 is 0 Å². The minimum atomic E-state index is -3.38. The zero-order chi connectivity index (χ0) is 15.3. The zero-order valence-corrected chi connectivity index (χ0v) is 14.0. The van der Waals surface area contributed by atoms with E-state index in [1.54, 1.807) is 0 Å². The first-order valence-electron chi connectivity index (χ1n) is 7.61. The molecule has 1 atom stereocenters. The molecular weight excluding hydrogens is 308 g/mol. The largest absolute Gasteiger partial charge is 0.494 e. The molecule has 21 heavy (non-hydrogen) atoms. The molecule has 0 aliphatic heterocycles. The van der Waals surface area contributed by atoms with Crippen LogP contribution in [0.15, 0.2) is 18.2 Å². The molecular formula is C16H23ClO3S. The van der Waals surface area contributed by atoms with Gasteiger partial charge >= 0.3 is 0 Å². The number of halogens is 1. The lowest BCUT2D eigenvalue weighted by Gasteiger charge is -2.17. The maximum Gasteiger partial charge on any atom is 0.232 e. The Hall–Kier alpha value is -0.740. The molecule has 1 aliphatic rings. The summed E-state index contributed by atoms with van der Waals surface area (Å²) in [6, 6.07) is 6.37. The second-order valence-electron chi connectivity index (χ2n) is 5.91. The molecule has 1 aliphatic carbocycles. The molecule has 0 saturated carbocycles. The standard InChI is InChI=1S/C16H23ClO3S/c1-13(9-11-21(17,18)19)8-10-20-16-7-6-14-4-2-3-5-15(14)12-16/h6-7,12-13H,2-5,8-11H2,1H3. The van der Waals surface area contributed by atoms with Gasteiger partial charge in [-0.25, -0.2) is 8.42 Å². The fourth-order valence-electron chi connectivity index (χ4n) is 2.66. The lowest BCUT2D eigenvalue weighted by atomic mass is 9.92. The first-order valence-corrected chi connectivity index (χ1v) is 10.1. The van der Waals surface area contributed by atoms with E-state index in [0.29, 0.717) is 13.0 Å². The molecule has 1 aromatic carbocycles. The molecule has 1 aromatic rings. The number of hydrogen-bond donors (Lipinski definition) is 0. The third-order valence-corrected chi connectivity index (χ3v) is 5.24. The molecule has 5 heteroatoms. The second kappa shape index (κ2) is 7.50. The van der Waals surface area contributed by atoms with E-state index in [1.807, 2.05) is 13.0 Å². The van der Waals surface area contributed by atoms with Crippen molar-refractivity contribution in [2.45, 2.75) is 45.4 Å². The molecule has 0 fully saturated rings. The van der Waals surface area contributed by atoms with E-state index in [9.17, 15) is 8.42 Å². The van der Waals surface area contributed by atoms with Crippen LogP contribution in [0.3, 0.4) is 0 Å². The highest BCUT2D eigenvalue weighted by molar-refractivity contribution is 8.13. The van der Waals surface area contributed by atoms with E-state index < -0.39 is 9.05 Å². The van der Waals surface area contributed by atoms with E-state index in [0.717, 1.165) is 18.6 Å². The molecule has 0 amide bonds. The summed E-state index contributed by atoms with van der Waals surface area (Å²) >= 11 is 0. The lowest BCUT2D eigenvalue weighted by molar-refractivity contribution is 0.281. The van der Waals surface area contributed by atoms with E-state index in [1.165, 1.54) is 30.4 Å². The van der Waals surface area contributed by atoms with Gasteiger partial charge in [-0.15, -0.1) is 0 Å². The fraction of sp³-hybridized carbons (Fsp3) is 0.625. The van der Waals surface area contributed by atoms with Gasteiger partial charge < -0.3 is 4.74 Å². The maximum absolute atomic E-state index is 10.9. The third-order valence-electron chi connectivity index (χ3n) is 4.05. The van der Waals surface area contributed by atoms with Crippen molar-refractivity contribution in [1.29, 1.82) is 0 Å². The minimum Gasteiger partial charge on any atom is -0.494 e. The Bertz CT molecular complexity index is 569. The summed E-state index contributed by atoms with van der Waals surface area (Å²) in [6.45, 7) is 2.64. The topological polar surface area (TPSA) is 43.4 Å². The molecule has 2 rings (SSSR count). The lowest BCUT2D eigenvalue weighted by Crippen LogP contribution is -2.09. The molecule has 0 heterocycles. The van der Waals surface area contributed by atoms with Gasteiger partial charge in [-0.05, 0) is 67.7 Å². The van der Waals surface area contributed by atoms with Crippen molar-refractivity contribution in [1.82, 2.24) is 0 Å². The van der Waals surface area contributed by atoms with Crippen LogP contribution >= 0.6 is 10.7 Å². The maximum atomic E-state index is 10.9. The van der Waals surface area contributed by atoms with Crippen LogP contribution in [-0.2, 0) is 21.9 Å². The highest BCUT2D eigenvalue weighted by atomic mass is 35.7. The Labute approximate surface area is 132 Å². The van der Waals surface area contributed by atoms with Crippen LogP contribution in [0.5, 0.6) is 5.75 Å². The number of hydrogen-bond acceptors (Lipinski definition) is 3. The summed E-state index contributed by atoms with van der Waals surface area (Å²) in [5, 5.41) is 0. The van der Waals surface area contributed by atoms with Gasteiger partial charge in [0.1, 0.15) is 5.75 Å². The first-order chi connectivity index (χ1) is 9.94. The Balaban J connectivity index is 1.75. The summed E-state index contributed by atoms with van der Waals surface area (Å²) in [4.78, 5) is 0. The number of rotatable bonds is 7. The number of benzene rings is 1. The number of fused-ring (bicyclic) bond motifs is 1. The van der Waals surface area contributed by atoms with Gasteiger partial charge in [0.15, 0.2) is 0 Å². The van der Waals surface area contributed by atoms with Crippen LogP contribution in [0.4, 0.5) is 0 Å². The summed E-state index contributed by atoms with van der Waals surface area (Å²) in [7, 11) is 1.84. The minimum absolute atomic E-state index is 0.0363. The summed E-state index contributed by atoms with van der Waals surface area (Å²) in [5.41, 5.74) is 2.87. The van der Waals surface area contributed by atoms with Gasteiger partial charge in [0.2, 0.25) is 9.05 Å². The molecule has 0 radical (unpaired) electrons. The second-order valence-corrected chi connectivity index (χ2v) is 8.81. The summed E-state index contributed by atoms with van der Waals surface area (Å²) in [5.74, 6) is 1.25. The van der Waals surface area contributed by atoms with Crippen molar-refractivity contribution in [3.63, 3.8) is 0 Å². The van der Waals surface area contributed by atoms with Gasteiger partial charge in [0, 0.05) is 10.7 Å². The molecule has 3 nitrogen and oxygen atoms in total. The smallest absolute Gasteiger partial charge is 0.232 e. The van der Waals surface area contributed by atoms with Gasteiger partial charge in [-0.2, -0.15) is 0 Å². The van der Waals surface area contributed by atoms with Crippen LogP contribution in [0.1, 0.15) is 43.7 Å². The molecule has 0 saturated heterocycles. The Morgan fingerprint density at radius 3 is 2.62 bits per heavy atom. The monoisotopic (exact) mass is 330 g/mol.